The summed E-state index contributed by atoms with van der Waals surface area (Å²) in [6.07, 6.45) is 7.35. The quantitative estimate of drug-likeness (QED) is 0.347. The number of ether oxygens (including phenoxy) is 2. The van der Waals surface area contributed by atoms with Gasteiger partial charge in [-0.1, -0.05) is 26.3 Å². The van der Waals surface area contributed by atoms with Crippen LogP contribution in [0.1, 0.15) is 74.6 Å². The van der Waals surface area contributed by atoms with E-state index >= 15 is 0 Å². The van der Waals surface area contributed by atoms with Gasteiger partial charge >= 0.3 is 5.97 Å². The number of aryl methyl sites for hydroxylation is 1. The van der Waals surface area contributed by atoms with Gasteiger partial charge in [0.1, 0.15) is 19.1 Å². The van der Waals surface area contributed by atoms with Crippen molar-refractivity contribution < 1.29 is 19.4 Å². The summed E-state index contributed by atoms with van der Waals surface area (Å²) < 4.78 is 13.3. The van der Waals surface area contributed by atoms with Gasteiger partial charge in [0.15, 0.2) is 5.60 Å². The summed E-state index contributed by atoms with van der Waals surface area (Å²) in [5.74, 6) is 0.0925. The van der Waals surface area contributed by atoms with E-state index in [4.69, 9.17) is 14.5 Å². The van der Waals surface area contributed by atoms with Gasteiger partial charge in [-0.3, -0.25) is 9.69 Å². The molecule has 9 heteroatoms. The maximum atomic E-state index is 13.6. The molecule has 9 nitrogen and oxygen atoms in total. The average molecular weight is 573 g/mol. The molecule has 4 aliphatic rings. The molecule has 2 saturated heterocycles. The second-order valence-electron chi connectivity index (χ2n) is 12.3. The molecule has 1 aromatic carbocycles. The lowest BCUT2D eigenvalue weighted by atomic mass is 9.86. The number of fused-ring (bicyclic) bond motifs is 5. The second kappa shape index (κ2) is 10.8. The van der Waals surface area contributed by atoms with Crippen LogP contribution < -0.4 is 10.3 Å². The van der Waals surface area contributed by atoms with Gasteiger partial charge in [0, 0.05) is 35.6 Å². The number of aromatic nitrogens is 2. The van der Waals surface area contributed by atoms with Crippen LogP contribution >= 0.6 is 0 Å². The lowest BCUT2D eigenvalue weighted by molar-refractivity contribution is -0.172. The van der Waals surface area contributed by atoms with Gasteiger partial charge < -0.3 is 24.0 Å². The van der Waals surface area contributed by atoms with Gasteiger partial charge in [0.05, 0.1) is 29.0 Å². The third-order valence-electron chi connectivity index (χ3n) is 9.97. The van der Waals surface area contributed by atoms with Crippen molar-refractivity contribution in [2.24, 2.45) is 0 Å². The molecule has 0 amide bonds. The first kappa shape index (κ1) is 27.6. The summed E-state index contributed by atoms with van der Waals surface area (Å²) in [7, 11) is 0. The Hall–Kier alpha value is -3.27. The van der Waals surface area contributed by atoms with Gasteiger partial charge in [-0.2, -0.15) is 0 Å². The van der Waals surface area contributed by atoms with Crippen LogP contribution in [0.4, 0.5) is 0 Å². The number of pyridine rings is 2. The number of rotatable bonds is 6. The fraction of sp³-hybridized carbons (Fsp3) is 0.545. The Morgan fingerprint density at radius 2 is 1.86 bits per heavy atom. The van der Waals surface area contributed by atoms with Gasteiger partial charge in [-0.05, 0) is 75.4 Å². The van der Waals surface area contributed by atoms with Crippen molar-refractivity contribution in [2.75, 3.05) is 32.9 Å². The molecule has 0 unspecified atom stereocenters. The van der Waals surface area contributed by atoms with Crippen LogP contribution in [0, 0.1) is 0 Å². The summed E-state index contributed by atoms with van der Waals surface area (Å²) in [4.78, 5) is 36.3. The molecule has 0 saturated carbocycles. The highest BCUT2D eigenvalue weighted by atomic mass is 16.6. The molecule has 3 aromatic rings. The Labute approximate surface area is 246 Å². The number of carbonyl (C=O) groups excluding carboxylic acids is 1. The summed E-state index contributed by atoms with van der Waals surface area (Å²) >= 11 is 0. The monoisotopic (exact) mass is 572 g/mol. The largest absolute Gasteiger partial charge is 0.477 e. The highest BCUT2D eigenvalue weighted by molar-refractivity contribution is 5.91. The highest BCUT2D eigenvalue weighted by Gasteiger charge is 2.45. The van der Waals surface area contributed by atoms with Crippen molar-refractivity contribution >= 4 is 16.9 Å². The van der Waals surface area contributed by atoms with Crippen LogP contribution in [-0.4, -0.2) is 69.4 Å². The lowest BCUT2D eigenvalue weighted by Crippen LogP contribution is -2.47. The Kier molecular flexibility index (Phi) is 7.07. The van der Waals surface area contributed by atoms with Crippen LogP contribution in [0.3, 0.4) is 0 Å². The van der Waals surface area contributed by atoms with Crippen LogP contribution in [-0.2, 0) is 34.7 Å². The number of carbonyl (C=O) groups is 1. The maximum Gasteiger partial charge on any atom is 0.343 e. The molecule has 0 bridgehead atoms. The van der Waals surface area contributed by atoms with E-state index in [-0.39, 0.29) is 18.6 Å². The van der Waals surface area contributed by atoms with Crippen molar-refractivity contribution in [1.29, 1.82) is 0 Å². The number of aliphatic hydroxyl groups is 1. The van der Waals surface area contributed by atoms with E-state index < -0.39 is 11.6 Å². The van der Waals surface area contributed by atoms with Gasteiger partial charge in [-0.25, -0.2) is 9.78 Å². The van der Waals surface area contributed by atoms with E-state index in [1.807, 2.05) is 6.07 Å². The Bertz CT molecular complexity index is 1600. The fourth-order valence-electron chi connectivity index (χ4n) is 7.37. The molecule has 0 spiro atoms. The summed E-state index contributed by atoms with van der Waals surface area (Å²) in [5, 5.41) is 12.1. The molecule has 222 valence electrons. The molecular weight excluding hydrogens is 532 g/mol. The average Bonchev–Trinajstić information content (AvgIpc) is 3.39. The molecule has 2 aromatic heterocycles. The van der Waals surface area contributed by atoms with E-state index in [1.54, 1.807) is 17.6 Å². The Balaban J connectivity index is 1.17. The zero-order chi connectivity index (χ0) is 29.0. The first-order chi connectivity index (χ1) is 20.4. The Morgan fingerprint density at radius 1 is 1.07 bits per heavy atom. The molecule has 2 fully saturated rings. The smallest absolute Gasteiger partial charge is 0.343 e. The predicted octanol–water partition coefficient (Wildman–Crippen LogP) is 3.93. The number of hydrogen-bond donors (Lipinski definition) is 1. The molecule has 42 heavy (non-hydrogen) atoms. The second-order valence-corrected chi connectivity index (χ2v) is 12.3. The van der Waals surface area contributed by atoms with E-state index in [9.17, 15) is 14.7 Å². The topological polar surface area (TPSA) is 97.1 Å². The first-order valence-corrected chi connectivity index (χ1v) is 15.6. The van der Waals surface area contributed by atoms with Crippen LogP contribution in [0.25, 0.3) is 22.3 Å². The third-order valence-corrected chi connectivity index (χ3v) is 9.97. The van der Waals surface area contributed by atoms with E-state index in [0.717, 1.165) is 47.3 Å². The first-order valence-electron chi connectivity index (χ1n) is 15.6. The summed E-state index contributed by atoms with van der Waals surface area (Å²) in [6, 6.07) is 8.71. The molecule has 1 atom stereocenters. The minimum absolute atomic E-state index is 0.121. The third kappa shape index (κ3) is 4.44. The summed E-state index contributed by atoms with van der Waals surface area (Å²) in [6.45, 7) is 9.19. The minimum atomic E-state index is -1.83. The SMILES string of the molecule is CCc1ccc(OCN2CCC(N3CCCCC3)CC2)c2cc3c(nc12)-c1cc2c(c(=O)n1C3)COC(=O)[C@]2(O)CC. The molecule has 0 aliphatic carbocycles. The van der Waals surface area contributed by atoms with Crippen molar-refractivity contribution in [3.8, 4) is 17.1 Å². The predicted molar refractivity (Wildman–Crippen MR) is 159 cm³/mol. The van der Waals surface area contributed by atoms with Crippen molar-refractivity contribution in [3.63, 3.8) is 0 Å². The van der Waals surface area contributed by atoms with Crippen LogP contribution in [0.5, 0.6) is 5.75 Å². The van der Waals surface area contributed by atoms with Crippen molar-refractivity contribution in [1.82, 2.24) is 19.4 Å². The zero-order valence-corrected chi connectivity index (χ0v) is 24.7. The van der Waals surface area contributed by atoms with Gasteiger partial charge in [0.2, 0.25) is 0 Å². The standard InChI is InChI=1S/C33H40N4O5/c1-3-21-8-9-28(42-20-35-14-10-23(11-15-35)36-12-6-5-7-13-36)24-16-22-18-37-27(30(22)34-29(21)24)17-26-25(31(37)38)19-41-32(39)33(26,40)4-2/h8-9,16-17,23,40H,3-7,10-15,18-20H2,1-2H3/t33-/m0/s1. The van der Waals surface area contributed by atoms with E-state index in [1.165, 1.54) is 45.2 Å². The molecule has 4 aliphatic heterocycles. The molecular formula is C33H40N4O5. The number of benzene rings is 1. The molecule has 1 N–H and O–H groups in total. The summed E-state index contributed by atoms with van der Waals surface area (Å²) in [5.41, 5.74) is 2.83. The van der Waals surface area contributed by atoms with Crippen LogP contribution in [0.2, 0.25) is 0 Å². The Morgan fingerprint density at radius 3 is 2.60 bits per heavy atom. The molecule has 6 heterocycles. The van der Waals surface area contributed by atoms with E-state index in [2.05, 4.69) is 28.9 Å². The zero-order valence-electron chi connectivity index (χ0n) is 24.7. The van der Waals surface area contributed by atoms with E-state index in [0.29, 0.717) is 41.8 Å². The van der Waals surface area contributed by atoms with Gasteiger partial charge in [0.25, 0.3) is 5.56 Å². The van der Waals surface area contributed by atoms with Crippen LogP contribution in [0.15, 0.2) is 29.1 Å². The molecule has 0 radical (unpaired) electrons. The van der Waals surface area contributed by atoms with Gasteiger partial charge in [-0.15, -0.1) is 0 Å². The number of cyclic esters (lactones) is 1. The number of piperidine rings is 2. The van der Waals surface area contributed by atoms with Crippen molar-refractivity contribution in [3.05, 3.63) is 56.9 Å². The minimum Gasteiger partial charge on any atom is -0.477 e. The number of hydrogen-bond acceptors (Lipinski definition) is 8. The number of esters is 1. The molecule has 7 rings (SSSR count). The fourth-order valence-corrected chi connectivity index (χ4v) is 7.37. The lowest BCUT2D eigenvalue weighted by Gasteiger charge is -2.40. The highest BCUT2D eigenvalue weighted by Crippen LogP contribution is 2.40. The number of likely N-dealkylation sites (tertiary alicyclic amines) is 2. The normalized spacial score (nSPS) is 23.0. The maximum absolute atomic E-state index is 13.6. The van der Waals surface area contributed by atoms with Crippen molar-refractivity contribution in [2.45, 2.75) is 83.6 Å². The number of nitrogens with zero attached hydrogens (tertiary/aromatic N) is 4.